The minimum atomic E-state index is -4.51. The van der Waals surface area contributed by atoms with Crippen LogP contribution in [0.25, 0.3) is 0 Å². The van der Waals surface area contributed by atoms with Gasteiger partial charge in [0.15, 0.2) is 11.1 Å². The minimum absolute atomic E-state index is 0.124. The Morgan fingerprint density at radius 3 is 1.07 bits per heavy atom. The number of allylic oxidation sites excluding steroid dienone is 2. The van der Waals surface area contributed by atoms with Crippen molar-refractivity contribution in [3.63, 3.8) is 0 Å². The van der Waals surface area contributed by atoms with Gasteiger partial charge in [0.05, 0.1) is 0 Å². The third-order valence-electron chi connectivity index (χ3n) is 8.39. The number of hydrogen-bond acceptors (Lipinski definition) is 4. The molecule has 0 amide bonds. The fraction of sp³-hybridized carbons (Fsp3) is 0.471. The summed E-state index contributed by atoms with van der Waals surface area (Å²) in [7, 11) is 0. The Morgan fingerprint density at radius 1 is 0.477 bits per heavy atom. The van der Waals surface area contributed by atoms with E-state index in [2.05, 4.69) is 21.1 Å². The molecular formula is C34H40F6N4. The van der Waals surface area contributed by atoms with E-state index >= 15 is 0 Å². The monoisotopic (exact) mass is 618 g/mol. The fourth-order valence-electron chi connectivity index (χ4n) is 5.72. The van der Waals surface area contributed by atoms with Crippen LogP contribution in [-0.4, -0.2) is 24.8 Å². The molecule has 0 bridgehead atoms. The maximum atomic E-state index is 13.8. The predicted molar refractivity (Wildman–Crippen MR) is 163 cm³/mol. The van der Waals surface area contributed by atoms with E-state index in [0.717, 1.165) is 74.6 Å². The van der Waals surface area contributed by atoms with Crippen molar-refractivity contribution in [2.45, 2.75) is 100 Å². The van der Waals surface area contributed by atoms with Gasteiger partial charge in [-0.2, -0.15) is 36.5 Å². The van der Waals surface area contributed by atoms with Crippen LogP contribution in [0.15, 0.2) is 83.0 Å². The molecular weight excluding hydrogens is 578 g/mol. The zero-order chi connectivity index (χ0) is 31.5. The standard InChI is InChI=1S/C34H40F6N4/c35-33(36,37)31(23-11-25-41-43-31)29-19-15-27(16-20-29)13-9-7-5-3-1-2-4-6-8-10-14-28-17-21-30(22-18-28)32(34(38,39)40)24-12-26-42-44-32/h11-12,15-26,43-44H,1-10,13-14H2. The third-order valence-corrected chi connectivity index (χ3v) is 8.39. The first kappa shape index (κ1) is 33.3. The summed E-state index contributed by atoms with van der Waals surface area (Å²) in [5.41, 5.74) is 2.22. The van der Waals surface area contributed by atoms with Crippen molar-refractivity contribution < 1.29 is 26.3 Å². The molecule has 0 radical (unpaired) electrons. The Hall–Kier alpha value is -3.56. The van der Waals surface area contributed by atoms with Crippen LogP contribution in [-0.2, 0) is 23.9 Å². The van der Waals surface area contributed by atoms with E-state index in [0.29, 0.717) is 0 Å². The van der Waals surface area contributed by atoms with Gasteiger partial charge in [-0.1, -0.05) is 99.9 Å². The first-order valence-corrected chi connectivity index (χ1v) is 15.4. The van der Waals surface area contributed by atoms with Crippen molar-refractivity contribution in [2.24, 2.45) is 10.2 Å². The van der Waals surface area contributed by atoms with Crippen LogP contribution in [0.4, 0.5) is 26.3 Å². The molecule has 0 fully saturated rings. The highest BCUT2D eigenvalue weighted by atomic mass is 19.4. The van der Waals surface area contributed by atoms with E-state index in [-0.39, 0.29) is 11.1 Å². The molecule has 238 valence electrons. The third kappa shape index (κ3) is 8.12. The number of nitrogens with zero attached hydrogens (tertiary/aromatic N) is 2. The Bertz CT molecular complexity index is 1190. The quantitative estimate of drug-likeness (QED) is 0.155. The number of rotatable bonds is 15. The lowest BCUT2D eigenvalue weighted by Gasteiger charge is -2.34. The lowest BCUT2D eigenvalue weighted by atomic mass is 9.87. The summed E-state index contributed by atoms with van der Waals surface area (Å²) in [6.45, 7) is 0. The maximum Gasteiger partial charge on any atom is 0.420 e. The second-order valence-corrected chi connectivity index (χ2v) is 11.5. The van der Waals surface area contributed by atoms with Gasteiger partial charge in [0.1, 0.15) is 0 Å². The molecule has 0 aromatic heterocycles. The Morgan fingerprint density at radius 2 is 0.795 bits per heavy atom. The number of unbranched alkanes of at least 4 members (excludes halogenated alkanes) is 9. The lowest BCUT2D eigenvalue weighted by Crippen LogP contribution is -2.51. The maximum absolute atomic E-state index is 13.8. The molecule has 2 aliphatic heterocycles. The summed E-state index contributed by atoms with van der Waals surface area (Å²) in [5, 5.41) is 7.25. The highest BCUT2D eigenvalue weighted by Gasteiger charge is 2.56. The number of halogens is 6. The Kier molecular flexibility index (Phi) is 11.3. The number of benzene rings is 2. The summed E-state index contributed by atoms with van der Waals surface area (Å²) < 4.78 is 82.7. The van der Waals surface area contributed by atoms with Crippen molar-refractivity contribution in [2.75, 3.05) is 0 Å². The molecule has 0 spiro atoms. The number of nitrogens with one attached hydrogen (secondary N) is 2. The van der Waals surface area contributed by atoms with Gasteiger partial charge in [0, 0.05) is 12.4 Å². The fourth-order valence-corrected chi connectivity index (χ4v) is 5.72. The van der Waals surface area contributed by atoms with Gasteiger partial charge in [-0.05, 0) is 72.2 Å². The number of hydrogen-bond donors (Lipinski definition) is 2. The van der Waals surface area contributed by atoms with Gasteiger partial charge < -0.3 is 0 Å². The van der Waals surface area contributed by atoms with Crippen LogP contribution in [0.2, 0.25) is 0 Å². The van der Waals surface area contributed by atoms with Crippen molar-refractivity contribution >= 4 is 12.4 Å². The molecule has 0 saturated heterocycles. The van der Waals surface area contributed by atoms with Gasteiger partial charge >= 0.3 is 12.4 Å². The zero-order valence-corrected chi connectivity index (χ0v) is 24.7. The summed E-state index contributed by atoms with van der Waals surface area (Å²) in [6.07, 6.45) is 11.3. The van der Waals surface area contributed by atoms with Gasteiger partial charge in [-0.15, -0.1) is 0 Å². The molecule has 2 N–H and O–H groups in total. The van der Waals surface area contributed by atoms with Gasteiger partial charge in [0.2, 0.25) is 0 Å². The molecule has 0 saturated carbocycles. The molecule has 2 heterocycles. The van der Waals surface area contributed by atoms with Crippen molar-refractivity contribution in [1.82, 2.24) is 10.9 Å². The topological polar surface area (TPSA) is 48.8 Å². The van der Waals surface area contributed by atoms with Gasteiger partial charge in [-0.3, -0.25) is 10.9 Å². The lowest BCUT2D eigenvalue weighted by molar-refractivity contribution is -0.186. The number of alkyl halides is 6. The molecule has 2 aliphatic rings. The molecule has 2 aromatic carbocycles. The van der Waals surface area contributed by atoms with Crippen LogP contribution < -0.4 is 10.9 Å². The molecule has 44 heavy (non-hydrogen) atoms. The normalized spacial score (nSPS) is 21.3. The van der Waals surface area contributed by atoms with E-state index in [1.807, 2.05) is 0 Å². The number of aryl methyl sites for hydroxylation is 2. The highest BCUT2D eigenvalue weighted by molar-refractivity contribution is 5.73. The largest absolute Gasteiger partial charge is 0.420 e. The molecule has 4 nitrogen and oxygen atoms in total. The van der Waals surface area contributed by atoms with E-state index in [1.54, 1.807) is 24.3 Å². The van der Waals surface area contributed by atoms with Gasteiger partial charge in [0.25, 0.3) is 0 Å². The second-order valence-electron chi connectivity index (χ2n) is 11.5. The summed E-state index contributed by atoms with van der Waals surface area (Å²) >= 11 is 0. The SMILES string of the molecule is FC(F)(F)C1(c2ccc(CCCCCCCCCCCCc3ccc(C4(C(F)(F)F)C=CC=NN4)cc3)cc2)C=CC=NN1. The average molecular weight is 619 g/mol. The molecule has 2 unspecified atom stereocenters. The van der Waals surface area contributed by atoms with E-state index in [9.17, 15) is 26.3 Å². The minimum Gasteiger partial charge on any atom is -0.286 e. The van der Waals surface area contributed by atoms with Crippen molar-refractivity contribution in [3.05, 3.63) is 95.1 Å². The Balaban J connectivity index is 1.04. The van der Waals surface area contributed by atoms with E-state index in [4.69, 9.17) is 0 Å². The molecule has 2 aromatic rings. The molecule has 4 rings (SSSR count). The molecule has 0 aliphatic carbocycles. The van der Waals surface area contributed by atoms with Crippen LogP contribution in [0, 0.1) is 0 Å². The van der Waals surface area contributed by atoms with Crippen LogP contribution in [0.1, 0.15) is 86.5 Å². The Labute approximate surface area is 255 Å². The summed E-state index contributed by atoms with van der Waals surface area (Å²) in [4.78, 5) is 0. The smallest absolute Gasteiger partial charge is 0.286 e. The first-order chi connectivity index (χ1) is 21.1. The van der Waals surface area contributed by atoms with E-state index < -0.39 is 23.4 Å². The summed E-state index contributed by atoms with van der Waals surface area (Å²) in [6, 6.07) is 13.2. The van der Waals surface area contributed by atoms with Crippen molar-refractivity contribution in [1.29, 1.82) is 0 Å². The second kappa shape index (κ2) is 14.9. The predicted octanol–water partition coefficient (Wildman–Crippen LogP) is 9.18. The average Bonchev–Trinajstić information content (AvgIpc) is 3.02. The summed E-state index contributed by atoms with van der Waals surface area (Å²) in [5.74, 6) is 0. The zero-order valence-electron chi connectivity index (χ0n) is 24.7. The van der Waals surface area contributed by atoms with Gasteiger partial charge in [-0.25, -0.2) is 0 Å². The van der Waals surface area contributed by atoms with Crippen LogP contribution in [0.3, 0.4) is 0 Å². The first-order valence-electron chi connectivity index (χ1n) is 15.4. The van der Waals surface area contributed by atoms with Crippen LogP contribution >= 0.6 is 0 Å². The van der Waals surface area contributed by atoms with E-state index in [1.165, 1.54) is 74.5 Å². The molecule has 2 atom stereocenters. The molecule has 10 heteroatoms. The van der Waals surface area contributed by atoms with Crippen molar-refractivity contribution in [3.8, 4) is 0 Å². The highest BCUT2D eigenvalue weighted by Crippen LogP contribution is 2.42. The number of hydrazone groups is 2. The van der Waals surface area contributed by atoms with Crippen LogP contribution in [0.5, 0.6) is 0 Å².